The Labute approximate surface area is 152 Å². The van der Waals surface area contributed by atoms with E-state index in [9.17, 15) is 5.26 Å². The molecule has 0 aliphatic heterocycles. The first-order valence-electron chi connectivity index (χ1n) is 7.77. The summed E-state index contributed by atoms with van der Waals surface area (Å²) in [6, 6.07) is 12.2. The maximum atomic E-state index is 9.55. The first-order valence-corrected chi connectivity index (χ1v) is 9.40. The Kier molecular flexibility index (Phi) is 4.03. The minimum atomic E-state index is 0.603. The maximum absolute atomic E-state index is 9.55. The molecule has 0 aliphatic carbocycles. The Morgan fingerprint density at radius 2 is 2.16 bits per heavy atom. The van der Waals surface area contributed by atoms with E-state index < -0.39 is 0 Å². The molecule has 3 heterocycles. The fraction of sp³-hybridized carbons (Fsp3) is 0.176. The topological polar surface area (TPSA) is 78.9 Å². The number of rotatable bonds is 4. The van der Waals surface area contributed by atoms with Crippen LogP contribution in [0.5, 0.6) is 0 Å². The lowest BCUT2D eigenvalue weighted by Gasteiger charge is -2.08. The Morgan fingerprint density at radius 1 is 1.32 bits per heavy atom. The summed E-state index contributed by atoms with van der Waals surface area (Å²) in [4.78, 5) is 4.67. The van der Waals surface area contributed by atoms with Crippen LogP contribution in [-0.2, 0) is 0 Å². The molecule has 0 saturated carbocycles. The average Bonchev–Trinajstić information content (AvgIpc) is 3.19. The van der Waals surface area contributed by atoms with Gasteiger partial charge in [-0.1, -0.05) is 23.5 Å². The molecule has 0 fully saturated rings. The van der Waals surface area contributed by atoms with E-state index in [-0.39, 0.29) is 0 Å². The number of hydrogen-bond donors (Lipinski definition) is 1. The number of hydrogen-bond acceptors (Lipinski definition) is 7. The second-order valence-corrected chi connectivity index (χ2v) is 7.66. The van der Waals surface area contributed by atoms with Crippen LogP contribution >= 0.6 is 23.1 Å². The van der Waals surface area contributed by atoms with Crippen molar-refractivity contribution >= 4 is 44.9 Å². The van der Waals surface area contributed by atoms with Crippen molar-refractivity contribution in [3.8, 4) is 6.07 Å². The van der Waals surface area contributed by atoms with Gasteiger partial charge in [0.1, 0.15) is 6.07 Å². The molecular formula is C17H14N6S2. The van der Waals surface area contributed by atoms with Crippen molar-refractivity contribution in [3.63, 3.8) is 0 Å². The van der Waals surface area contributed by atoms with Crippen LogP contribution in [0.25, 0.3) is 16.7 Å². The zero-order chi connectivity index (χ0) is 17.4. The zero-order valence-corrected chi connectivity index (χ0v) is 15.3. The van der Waals surface area contributed by atoms with E-state index in [2.05, 4.69) is 26.6 Å². The van der Waals surface area contributed by atoms with Crippen molar-refractivity contribution in [1.29, 1.82) is 5.26 Å². The molecule has 0 saturated heterocycles. The number of nitrogens with zero attached hydrogens (tertiary/aromatic N) is 5. The van der Waals surface area contributed by atoms with Crippen LogP contribution in [0.4, 0.5) is 5.13 Å². The van der Waals surface area contributed by atoms with Crippen molar-refractivity contribution in [2.45, 2.75) is 23.2 Å². The number of nitriles is 1. The minimum Gasteiger partial charge on any atom is -0.360 e. The standard InChI is InChI=1S/C17H14N6S2/c1-3-19-16-21-22-17(25-16)24-14-8-10(2)11(9-18)15-20-12-6-4-5-7-13(12)23(14)15/h4-8H,3H2,1-2H3,(H,19,21). The number of nitrogens with one attached hydrogen (secondary N) is 1. The second-order valence-electron chi connectivity index (χ2n) is 5.42. The van der Waals surface area contributed by atoms with Gasteiger partial charge in [-0.25, -0.2) is 4.98 Å². The Bertz CT molecular complexity index is 1120. The van der Waals surface area contributed by atoms with Crippen molar-refractivity contribution in [2.24, 2.45) is 0 Å². The number of imidazole rings is 1. The SMILES string of the molecule is CCNc1nnc(Sc2cc(C)c(C#N)c3nc4ccccc4n23)s1. The number of aryl methyl sites for hydroxylation is 1. The molecule has 0 aliphatic rings. The van der Waals surface area contributed by atoms with Crippen LogP contribution in [0.2, 0.25) is 0 Å². The summed E-state index contributed by atoms with van der Waals surface area (Å²) in [5.74, 6) is 0. The Hall–Kier alpha value is -2.63. The highest BCUT2D eigenvalue weighted by Gasteiger charge is 2.17. The van der Waals surface area contributed by atoms with E-state index in [0.29, 0.717) is 11.2 Å². The molecule has 8 heteroatoms. The highest BCUT2D eigenvalue weighted by Crippen LogP contribution is 2.35. The average molecular weight is 366 g/mol. The summed E-state index contributed by atoms with van der Waals surface area (Å²) in [5.41, 5.74) is 4.04. The number of para-hydroxylation sites is 2. The highest BCUT2D eigenvalue weighted by atomic mass is 32.2. The first-order chi connectivity index (χ1) is 12.2. The molecule has 0 unspecified atom stereocenters. The monoisotopic (exact) mass is 366 g/mol. The number of anilines is 1. The summed E-state index contributed by atoms with van der Waals surface area (Å²) < 4.78 is 2.87. The van der Waals surface area contributed by atoms with Gasteiger partial charge in [0.25, 0.3) is 0 Å². The van der Waals surface area contributed by atoms with Gasteiger partial charge in [0.2, 0.25) is 5.13 Å². The molecule has 0 amide bonds. The third-order valence-electron chi connectivity index (χ3n) is 3.78. The molecular weight excluding hydrogens is 352 g/mol. The Morgan fingerprint density at radius 3 is 2.96 bits per heavy atom. The first kappa shape index (κ1) is 15.9. The molecule has 0 spiro atoms. The molecule has 6 nitrogen and oxygen atoms in total. The molecule has 0 radical (unpaired) electrons. The number of pyridine rings is 1. The normalized spacial score (nSPS) is 11.1. The predicted molar refractivity (Wildman–Crippen MR) is 100 cm³/mol. The Balaban J connectivity index is 1.92. The minimum absolute atomic E-state index is 0.603. The van der Waals surface area contributed by atoms with E-state index in [0.717, 1.165) is 37.6 Å². The predicted octanol–water partition coefficient (Wildman–Crippen LogP) is 4.10. The third-order valence-corrected chi connectivity index (χ3v) is 5.72. The van der Waals surface area contributed by atoms with Crippen LogP contribution in [0.15, 0.2) is 39.7 Å². The molecule has 1 N–H and O–H groups in total. The summed E-state index contributed by atoms with van der Waals surface area (Å²) >= 11 is 3.05. The van der Waals surface area contributed by atoms with Gasteiger partial charge in [0.15, 0.2) is 9.99 Å². The van der Waals surface area contributed by atoms with Crippen molar-refractivity contribution in [2.75, 3.05) is 11.9 Å². The summed E-state index contributed by atoms with van der Waals surface area (Å²) in [6.45, 7) is 4.77. The van der Waals surface area contributed by atoms with Gasteiger partial charge in [-0.05, 0) is 49.4 Å². The molecule has 4 rings (SSSR count). The van der Waals surface area contributed by atoms with Gasteiger partial charge < -0.3 is 5.32 Å². The molecule has 1 aromatic carbocycles. The van der Waals surface area contributed by atoms with Gasteiger partial charge in [0.05, 0.1) is 21.6 Å². The second kappa shape index (κ2) is 6.35. The van der Waals surface area contributed by atoms with Crippen LogP contribution in [0, 0.1) is 18.3 Å². The van der Waals surface area contributed by atoms with Crippen LogP contribution in [0.1, 0.15) is 18.1 Å². The number of fused-ring (bicyclic) bond motifs is 3. The number of aromatic nitrogens is 4. The lowest BCUT2D eigenvalue weighted by atomic mass is 10.2. The highest BCUT2D eigenvalue weighted by molar-refractivity contribution is 8.01. The van der Waals surface area contributed by atoms with Gasteiger partial charge in [-0.15, -0.1) is 10.2 Å². The largest absolute Gasteiger partial charge is 0.360 e. The molecule has 25 heavy (non-hydrogen) atoms. The quantitative estimate of drug-likeness (QED) is 0.586. The van der Waals surface area contributed by atoms with Gasteiger partial charge in [-0.3, -0.25) is 4.40 Å². The van der Waals surface area contributed by atoms with Crippen molar-refractivity contribution in [1.82, 2.24) is 19.6 Å². The van der Waals surface area contributed by atoms with Gasteiger partial charge in [0, 0.05) is 6.54 Å². The summed E-state index contributed by atoms with van der Waals surface area (Å²) in [7, 11) is 0. The lowest BCUT2D eigenvalue weighted by molar-refractivity contribution is 0.989. The maximum Gasteiger partial charge on any atom is 0.206 e. The third kappa shape index (κ3) is 2.71. The molecule has 4 aromatic rings. The fourth-order valence-corrected chi connectivity index (χ4v) is 4.67. The molecule has 0 bridgehead atoms. The van der Waals surface area contributed by atoms with Crippen LogP contribution in [0.3, 0.4) is 0 Å². The van der Waals surface area contributed by atoms with Crippen molar-refractivity contribution in [3.05, 3.63) is 41.5 Å². The van der Waals surface area contributed by atoms with Crippen LogP contribution < -0.4 is 5.32 Å². The van der Waals surface area contributed by atoms with Crippen molar-refractivity contribution < 1.29 is 0 Å². The van der Waals surface area contributed by atoms with E-state index >= 15 is 0 Å². The summed E-state index contributed by atoms with van der Waals surface area (Å²) in [5, 5.41) is 22.9. The van der Waals surface area contributed by atoms with E-state index in [1.165, 1.54) is 23.1 Å². The van der Waals surface area contributed by atoms with E-state index in [1.807, 2.05) is 48.6 Å². The smallest absolute Gasteiger partial charge is 0.206 e. The lowest BCUT2D eigenvalue weighted by Crippen LogP contribution is -1.96. The number of benzene rings is 1. The van der Waals surface area contributed by atoms with Crippen LogP contribution in [-0.4, -0.2) is 26.1 Å². The summed E-state index contributed by atoms with van der Waals surface area (Å²) in [6.07, 6.45) is 0. The van der Waals surface area contributed by atoms with Gasteiger partial charge >= 0.3 is 0 Å². The fourth-order valence-electron chi connectivity index (χ4n) is 2.69. The van der Waals surface area contributed by atoms with E-state index in [1.54, 1.807) is 0 Å². The van der Waals surface area contributed by atoms with E-state index in [4.69, 9.17) is 0 Å². The molecule has 124 valence electrons. The molecule has 0 atom stereocenters. The zero-order valence-electron chi connectivity index (χ0n) is 13.6. The van der Waals surface area contributed by atoms with Gasteiger partial charge in [-0.2, -0.15) is 5.26 Å². The molecule has 3 aromatic heterocycles.